The average molecular weight is 206 g/mol. The van der Waals surface area contributed by atoms with E-state index in [2.05, 4.69) is 27.7 Å². The minimum Gasteiger partial charge on any atom is -0.299 e. The van der Waals surface area contributed by atoms with E-state index >= 15 is 0 Å². The molecule has 2 bridgehead atoms. The molecule has 4 aliphatic carbocycles. The van der Waals surface area contributed by atoms with Crippen molar-refractivity contribution < 1.29 is 4.79 Å². The Kier molecular flexibility index (Phi) is 1.64. The lowest BCUT2D eigenvalue weighted by Gasteiger charge is -2.65. The third-order valence-electron chi connectivity index (χ3n) is 6.13. The fourth-order valence-corrected chi connectivity index (χ4v) is 5.25. The quantitative estimate of drug-likeness (QED) is 0.594. The number of carbonyl (C=O) groups excluding carboxylic acids is 1. The molecular weight excluding hydrogens is 184 g/mol. The Labute approximate surface area is 92.6 Å². The minimum atomic E-state index is 0.298. The number of ketones is 1. The summed E-state index contributed by atoms with van der Waals surface area (Å²) in [5.74, 6) is 2.84. The number of hydrogen-bond acceptors (Lipinski definition) is 1. The molecule has 0 saturated heterocycles. The number of Topliss-reactive ketones (excluding diaryl/α,β-unsaturated/α-hetero) is 1. The third-order valence-corrected chi connectivity index (χ3v) is 6.13. The summed E-state index contributed by atoms with van der Waals surface area (Å²) >= 11 is 0. The fourth-order valence-electron chi connectivity index (χ4n) is 5.25. The Balaban J connectivity index is 2.06. The molecule has 4 aliphatic rings. The standard InChI is InChI=1S/C14H22O/c1-8-5-6-14(4)10-7-9(13(10,2)3)12(15)11(8)14/h8-11H,5-7H2,1-4H3/t8-,9?,10?,11-,14+/m0/s1. The molecule has 2 unspecified atom stereocenters. The topological polar surface area (TPSA) is 17.1 Å². The smallest absolute Gasteiger partial charge is 0.140 e. The van der Waals surface area contributed by atoms with Crippen molar-refractivity contribution in [3.63, 3.8) is 0 Å². The van der Waals surface area contributed by atoms with Crippen LogP contribution in [0.4, 0.5) is 0 Å². The molecule has 1 nitrogen and oxygen atoms in total. The summed E-state index contributed by atoms with van der Waals surface area (Å²) in [5, 5.41) is 0. The van der Waals surface area contributed by atoms with Crippen molar-refractivity contribution in [1.82, 2.24) is 0 Å². The van der Waals surface area contributed by atoms with Crippen LogP contribution in [-0.4, -0.2) is 5.78 Å². The molecule has 0 heterocycles. The van der Waals surface area contributed by atoms with E-state index in [1.165, 1.54) is 19.3 Å². The SMILES string of the molecule is C[C@H]1CC[C@]2(C)C3CC(C(=O)[C@H]12)C3(C)C. The van der Waals surface area contributed by atoms with Crippen LogP contribution >= 0.6 is 0 Å². The van der Waals surface area contributed by atoms with Crippen molar-refractivity contribution in [2.75, 3.05) is 0 Å². The lowest BCUT2D eigenvalue weighted by molar-refractivity contribution is -0.187. The highest BCUT2D eigenvalue weighted by molar-refractivity contribution is 5.88. The van der Waals surface area contributed by atoms with Crippen molar-refractivity contribution in [3.05, 3.63) is 0 Å². The van der Waals surface area contributed by atoms with Crippen molar-refractivity contribution in [3.8, 4) is 0 Å². The van der Waals surface area contributed by atoms with Crippen LogP contribution in [-0.2, 0) is 4.79 Å². The monoisotopic (exact) mass is 206 g/mol. The van der Waals surface area contributed by atoms with Gasteiger partial charge in [-0.15, -0.1) is 0 Å². The average Bonchev–Trinajstić information content (AvgIpc) is 2.42. The van der Waals surface area contributed by atoms with Gasteiger partial charge in [-0.3, -0.25) is 4.79 Å². The number of hydrogen-bond donors (Lipinski definition) is 0. The summed E-state index contributed by atoms with van der Waals surface area (Å²) < 4.78 is 0. The molecule has 0 aromatic heterocycles. The molecule has 84 valence electrons. The van der Waals surface area contributed by atoms with Crippen LogP contribution in [0.5, 0.6) is 0 Å². The van der Waals surface area contributed by atoms with Gasteiger partial charge in [0, 0.05) is 11.8 Å². The van der Waals surface area contributed by atoms with E-state index in [1.54, 1.807) is 0 Å². The van der Waals surface area contributed by atoms with E-state index in [4.69, 9.17) is 0 Å². The fraction of sp³-hybridized carbons (Fsp3) is 0.929. The molecule has 0 aliphatic heterocycles. The first-order valence-electron chi connectivity index (χ1n) is 6.43. The van der Waals surface area contributed by atoms with Gasteiger partial charge in [-0.25, -0.2) is 0 Å². The van der Waals surface area contributed by atoms with Gasteiger partial charge < -0.3 is 0 Å². The number of rotatable bonds is 0. The van der Waals surface area contributed by atoms with Gasteiger partial charge in [-0.1, -0.05) is 27.7 Å². The largest absolute Gasteiger partial charge is 0.299 e. The van der Waals surface area contributed by atoms with Crippen molar-refractivity contribution in [1.29, 1.82) is 0 Å². The molecule has 0 aromatic carbocycles. The normalized spacial score (nSPS) is 56.1. The second kappa shape index (κ2) is 2.49. The molecule has 5 atom stereocenters. The molecule has 4 fully saturated rings. The van der Waals surface area contributed by atoms with Crippen molar-refractivity contribution in [2.24, 2.45) is 34.5 Å². The van der Waals surface area contributed by atoms with Gasteiger partial charge in [-0.05, 0) is 41.9 Å². The first kappa shape index (κ1) is 9.86. The summed E-state index contributed by atoms with van der Waals surface area (Å²) in [6, 6.07) is 0. The maximum Gasteiger partial charge on any atom is 0.140 e. The Morgan fingerprint density at radius 3 is 2.53 bits per heavy atom. The van der Waals surface area contributed by atoms with Gasteiger partial charge in [0.05, 0.1) is 0 Å². The van der Waals surface area contributed by atoms with E-state index in [1.807, 2.05) is 0 Å². The van der Waals surface area contributed by atoms with Crippen molar-refractivity contribution >= 4 is 5.78 Å². The van der Waals surface area contributed by atoms with Crippen LogP contribution in [0.25, 0.3) is 0 Å². The molecule has 0 N–H and O–H groups in total. The first-order valence-corrected chi connectivity index (χ1v) is 6.43. The van der Waals surface area contributed by atoms with E-state index in [9.17, 15) is 4.79 Å². The second-order valence-electron chi connectivity index (χ2n) is 7.06. The maximum atomic E-state index is 12.5. The zero-order valence-corrected chi connectivity index (χ0v) is 10.3. The molecule has 0 amide bonds. The van der Waals surface area contributed by atoms with Gasteiger partial charge in [0.15, 0.2) is 0 Å². The Morgan fingerprint density at radius 2 is 1.93 bits per heavy atom. The first-order chi connectivity index (χ1) is 6.89. The van der Waals surface area contributed by atoms with Gasteiger partial charge in [0.2, 0.25) is 0 Å². The Morgan fingerprint density at radius 1 is 1.27 bits per heavy atom. The molecular formula is C14H22O. The maximum absolute atomic E-state index is 12.5. The molecule has 0 spiro atoms. The van der Waals surface area contributed by atoms with Gasteiger partial charge in [-0.2, -0.15) is 0 Å². The molecule has 1 heteroatoms. The molecule has 0 radical (unpaired) electrons. The van der Waals surface area contributed by atoms with Crippen LogP contribution in [0.3, 0.4) is 0 Å². The zero-order valence-electron chi connectivity index (χ0n) is 10.3. The Bertz CT molecular complexity index is 330. The highest BCUT2D eigenvalue weighted by Gasteiger charge is 2.69. The second-order valence-corrected chi connectivity index (χ2v) is 7.06. The van der Waals surface area contributed by atoms with E-state index in [0.29, 0.717) is 34.4 Å². The lowest BCUT2D eigenvalue weighted by Crippen LogP contribution is -2.64. The highest BCUT2D eigenvalue weighted by Crippen LogP contribution is 2.71. The van der Waals surface area contributed by atoms with Gasteiger partial charge >= 0.3 is 0 Å². The highest BCUT2D eigenvalue weighted by atomic mass is 16.1. The lowest BCUT2D eigenvalue weighted by atomic mass is 9.38. The predicted molar refractivity (Wildman–Crippen MR) is 60.4 cm³/mol. The van der Waals surface area contributed by atoms with Crippen LogP contribution in [0.1, 0.15) is 47.0 Å². The molecule has 0 aromatic rings. The molecule has 15 heavy (non-hydrogen) atoms. The zero-order chi connectivity index (χ0) is 11.0. The Hall–Kier alpha value is -0.330. The summed E-state index contributed by atoms with van der Waals surface area (Å²) in [4.78, 5) is 12.5. The van der Waals surface area contributed by atoms with Gasteiger partial charge in [0.1, 0.15) is 5.78 Å². The summed E-state index contributed by atoms with van der Waals surface area (Å²) in [5.41, 5.74) is 0.640. The molecule has 4 saturated carbocycles. The summed E-state index contributed by atoms with van der Waals surface area (Å²) in [6.45, 7) is 9.30. The van der Waals surface area contributed by atoms with Crippen molar-refractivity contribution in [2.45, 2.75) is 47.0 Å². The van der Waals surface area contributed by atoms with Gasteiger partial charge in [0.25, 0.3) is 0 Å². The molecule has 4 rings (SSSR count). The third kappa shape index (κ3) is 0.893. The van der Waals surface area contributed by atoms with Crippen LogP contribution in [0.15, 0.2) is 0 Å². The predicted octanol–water partition coefficient (Wildman–Crippen LogP) is 3.28. The summed E-state index contributed by atoms with van der Waals surface area (Å²) in [6.07, 6.45) is 3.74. The van der Waals surface area contributed by atoms with Crippen LogP contribution < -0.4 is 0 Å². The van der Waals surface area contributed by atoms with Crippen LogP contribution in [0.2, 0.25) is 0 Å². The van der Waals surface area contributed by atoms with E-state index in [-0.39, 0.29) is 0 Å². The minimum absolute atomic E-state index is 0.298. The number of carbonyl (C=O) groups is 1. The van der Waals surface area contributed by atoms with Crippen LogP contribution in [0, 0.1) is 34.5 Å². The van der Waals surface area contributed by atoms with E-state index < -0.39 is 0 Å². The van der Waals surface area contributed by atoms with E-state index in [0.717, 1.165) is 5.92 Å². The summed E-state index contributed by atoms with van der Waals surface area (Å²) in [7, 11) is 0.